The first-order valence-corrected chi connectivity index (χ1v) is 6.64. The fourth-order valence-electron chi connectivity index (χ4n) is 1.75. The van der Waals surface area contributed by atoms with E-state index in [0.717, 1.165) is 17.3 Å². The lowest BCUT2D eigenvalue weighted by Crippen LogP contribution is -2.31. The third-order valence-corrected chi connectivity index (χ3v) is 3.98. The van der Waals surface area contributed by atoms with Gasteiger partial charge in [-0.05, 0) is 31.0 Å². The van der Waals surface area contributed by atoms with Gasteiger partial charge >= 0.3 is 0 Å². The van der Waals surface area contributed by atoms with Crippen molar-refractivity contribution in [1.29, 1.82) is 0 Å². The average molecular weight is 270 g/mol. The van der Waals surface area contributed by atoms with Gasteiger partial charge in [0.15, 0.2) is 0 Å². The number of carbonyl (C=O) groups is 2. The van der Waals surface area contributed by atoms with Crippen LogP contribution in [0.4, 0.5) is 4.79 Å². The van der Waals surface area contributed by atoms with Gasteiger partial charge in [-0.3, -0.25) is 14.5 Å². The molecule has 0 bridgehead atoms. The highest BCUT2D eigenvalue weighted by atomic mass is 35.5. The monoisotopic (exact) mass is 269 g/mol. The number of rotatable bonds is 3. The van der Waals surface area contributed by atoms with E-state index in [1.807, 2.05) is 12.1 Å². The Morgan fingerprint density at radius 2 is 1.94 bits per heavy atom. The SMILES string of the molecule is CCN1C(=O)S[C@H](Cc2ccc(Cl)cc2)C1=O. The van der Waals surface area contributed by atoms with Gasteiger partial charge in [0.1, 0.15) is 0 Å². The van der Waals surface area contributed by atoms with E-state index in [2.05, 4.69) is 0 Å². The van der Waals surface area contributed by atoms with E-state index >= 15 is 0 Å². The van der Waals surface area contributed by atoms with Crippen molar-refractivity contribution in [2.75, 3.05) is 6.54 Å². The van der Waals surface area contributed by atoms with Crippen LogP contribution in [0.15, 0.2) is 24.3 Å². The molecule has 1 fully saturated rings. The van der Waals surface area contributed by atoms with Crippen LogP contribution in [-0.4, -0.2) is 27.8 Å². The maximum absolute atomic E-state index is 11.9. The summed E-state index contributed by atoms with van der Waals surface area (Å²) in [6.07, 6.45) is 0.572. The number of benzene rings is 1. The summed E-state index contributed by atoms with van der Waals surface area (Å²) in [5.74, 6) is -0.0857. The first-order chi connectivity index (χ1) is 8.11. The van der Waals surface area contributed by atoms with Crippen molar-refractivity contribution in [3.8, 4) is 0 Å². The molecule has 0 N–H and O–H groups in total. The number of halogens is 1. The van der Waals surface area contributed by atoms with Crippen molar-refractivity contribution in [1.82, 2.24) is 4.90 Å². The zero-order chi connectivity index (χ0) is 12.4. The highest BCUT2D eigenvalue weighted by Crippen LogP contribution is 2.29. The van der Waals surface area contributed by atoms with Crippen LogP contribution in [0.5, 0.6) is 0 Å². The molecule has 1 aromatic carbocycles. The molecule has 90 valence electrons. The van der Waals surface area contributed by atoms with Gasteiger partial charge in [-0.1, -0.05) is 35.5 Å². The van der Waals surface area contributed by atoms with Crippen molar-refractivity contribution in [2.45, 2.75) is 18.6 Å². The minimum absolute atomic E-state index is 0.0857. The minimum Gasteiger partial charge on any atom is -0.273 e. The molecule has 1 aromatic rings. The van der Waals surface area contributed by atoms with Gasteiger partial charge in [0.25, 0.3) is 5.24 Å². The molecule has 0 radical (unpaired) electrons. The summed E-state index contributed by atoms with van der Waals surface area (Å²) < 4.78 is 0. The maximum atomic E-state index is 11.9. The Morgan fingerprint density at radius 1 is 1.29 bits per heavy atom. The molecule has 0 aliphatic carbocycles. The van der Waals surface area contributed by atoms with Crippen LogP contribution >= 0.6 is 23.4 Å². The normalized spacial score (nSPS) is 20.1. The molecular weight excluding hydrogens is 258 g/mol. The van der Waals surface area contributed by atoms with Gasteiger partial charge in [0.2, 0.25) is 5.91 Å². The highest BCUT2D eigenvalue weighted by molar-refractivity contribution is 8.15. The van der Waals surface area contributed by atoms with Gasteiger partial charge in [0.05, 0.1) is 5.25 Å². The Hall–Kier alpha value is -1.00. The summed E-state index contributed by atoms with van der Waals surface area (Å²) in [5.41, 5.74) is 1.02. The molecule has 0 saturated carbocycles. The third-order valence-electron chi connectivity index (χ3n) is 2.66. The molecule has 1 aliphatic heterocycles. The van der Waals surface area contributed by atoms with E-state index in [4.69, 9.17) is 11.6 Å². The van der Waals surface area contributed by atoms with Crippen LogP contribution in [-0.2, 0) is 11.2 Å². The van der Waals surface area contributed by atoms with Crippen LogP contribution in [0, 0.1) is 0 Å². The van der Waals surface area contributed by atoms with Crippen molar-refractivity contribution in [2.24, 2.45) is 0 Å². The zero-order valence-corrected chi connectivity index (χ0v) is 10.9. The van der Waals surface area contributed by atoms with Gasteiger partial charge in [-0.2, -0.15) is 0 Å². The Labute approximate surface area is 109 Å². The van der Waals surface area contributed by atoms with E-state index in [0.29, 0.717) is 18.0 Å². The van der Waals surface area contributed by atoms with E-state index in [1.165, 1.54) is 4.90 Å². The highest BCUT2D eigenvalue weighted by Gasteiger charge is 2.38. The van der Waals surface area contributed by atoms with Crippen molar-refractivity contribution < 1.29 is 9.59 Å². The van der Waals surface area contributed by atoms with Crippen LogP contribution in [0.2, 0.25) is 5.02 Å². The molecule has 2 rings (SSSR count). The number of thioether (sulfide) groups is 1. The zero-order valence-electron chi connectivity index (χ0n) is 9.35. The second kappa shape index (κ2) is 5.10. The first-order valence-electron chi connectivity index (χ1n) is 5.38. The number of nitrogens with zero attached hydrogens (tertiary/aromatic N) is 1. The summed E-state index contributed by atoms with van der Waals surface area (Å²) in [5, 5.41) is 0.241. The molecule has 2 amide bonds. The Morgan fingerprint density at radius 3 is 2.47 bits per heavy atom. The second-order valence-electron chi connectivity index (χ2n) is 3.79. The molecule has 0 spiro atoms. The van der Waals surface area contributed by atoms with E-state index < -0.39 is 0 Å². The van der Waals surface area contributed by atoms with E-state index in [-0.39, 0.29) is 16.4 Å². The number of hydrogen-bond donors (Lipinski definition) is 0. The summed E-state index contributed by atoms with van der Waals surface area (Å²) in [7, 11) is 0. The molecule has 1 saturated heterocycles. The predicted molar refractivity (Wildman–Crippen MR) is 69.3 cm³/mol. The average Bonchev–Trinajstić information content (AvgIpc) is 2.57. The lowest BCUT2D eigenvalue weighted by molar-refractivity contribution is -0.126. The van der Waals surface area contributed by atoms with Crippen LogP contribution in [0.1, 0.15) is 12.5 Å². The van der Waals surface area contributed by atoms with E-state index in [9.17, 15) is 9.59 Å². The van der Waals surface area contributed by atoms with Crippen molar-refractivity contribution >= 4 is 34.5 Å². The molecule has 0 aromatic heterocycles. The molecule has 1 aliphatic rings. The molecular formula is C12H12ClNO2S. The van der Waals surface area contributed by atoms with Gasteiger partial charge in [-0.15, -0.1) is 0 Å². The number of hydrogen-bond acceptors (Lipinski definition) is 3. The molecule has 1 atom stereocenters. The van der Waals surface area contributed by atoms with Crippen LogP contribution < -0.4 is 0 Å². The molecule has 1 heterocycles. The molecule has 0 unspecified atom stereocenters. The lowest BCUT2D eigenvalue weighted by Gasteiger charge is -2.10. The van der Waals surface area contributed by atoms with Crippen LogP contribution in [0.3, 0.4) is 0 Å². The van der Waals surface area contributed by atoms with Crippen LogP contribution in [0.25, 0.3) is 0 Å². The largest absolute Gasteiger partial charge is 0.289 e. The fourth-order valence-corrected chi connectivity index (χ4v) is 2.97. The smallest absolute Gasteiger partial charge is 0.273 e. The summed E-state index contributed by atoms with van der Waals surface area (Å²) in [4.78, 5) is 24.7. The summed E-state index contributed by atoms with van der Waals surface area (Å²) in [6, 6.07) is 7.35. The Bertz CT molecular complexity index is 446. The Kier molecular flexibility index (Phi) is 3.74. The molecule has 5 heteroatoms. The van der Waals surface area contributed by atoms with E-state index in [1.54, 1.807) is 19.1 Å². The van der Waals surface area contributed by atoms with Gasteiger partial charge in [-0.25, -0.2) is 0 Å². The maximum Gasteiger partial charge on any atom is 0.289 e. The Balaban J connectivity index is 2.08. The topological polar surface area (TPSA) is 37.4 Å². The molecule has 17 heavy (non-hydrogen) atoms. The summed E-state index contributed by atoms with van der Waals surface area (Å²) >= 11 is 6.90. The second-order valence-corrected chi connectivity index (χ2v) is 5.38. The van der Waals surface area contributed by atoms with Gasteiger partial charge < -0.3 is 0 Å². The predicted octanol–water partition coefficient (Wildman–Crippen LogP) is 2.97. The lowest BCUT2D eigenvalue weighted by atomic mass is 10.1. The minimum atomic E-state index is -0.288. The third kappa shape index (κ3) is 2.64. The summed E-state index contributed by atoms with van der Waals surface area (Å²) in [6.45, 7) is 2.25. The quantitative estimate of drug-likeness (QED) is 0.847. The molecule has 3 nitrogen and oxygen atoms in total. The number of imide groups is 1. The standard InChI is InChI=1S/C12H12ClNO2S/c1-2-14-11(15)10(17-12(14)16)7-8-3-5-9(13)6-4-8/h3-6,10H,2,7H2,1H3/t10-/m1/s1. The first kappa shape index (κ1) is 12.5. The number of amides is 2. The fraction of sp³-hybridized carbons (Fsp3) is 0.333. The van der Waals surface area contributed by atoms with Gasteiger partial charge in [0, 0.05) is 11.6 Å². The van der Waals surface area contributed by atoms with Crippen molar-refractivity contribution in [3.63, 3.8) is 0 Å². The van der Waals surface area contributed by atoms with Crippen molar-refractivity contribution in [3.05, 3.63) is 34.9 Å². The number of carbonyl (C=O) groups excluding carboxylic acids is 2.